The summed E-state index contributed by atoms with van der Waals surface area (Å²) in [7, 11) is 0. The molecule has 1 amide bonds. The van der Waals surface area contributed by atoms with Crippen molar-refractivity contribution in [3.63, 3.8) is 0 Å². The molecule has 12 heavy (non-hydrogen) atoms. The van der Waals surface area contributed by atoms with Gasteiger partial charge in [-0.3, -0.25) is 4.79 Å². The molecule has 1 aliphatic rings. The van der Waals surface area contributed by atoms with Crippen LogP contribution in [0, 0.1) is 0 Å². The van der Waals surface area contributed by atoms with E-state index >= 15 is 0 Å². The highest BCUT2D eigenvalue weighted by Crippen LogP contribution is 2.17. The van der Waals surface area contributed by atoms with Gasteiger partial charge in [-0.15, -0.1) is 0 Å². The predicted molar refractivity (Wildman–Crippen MR) is 45.3 cm³/mol. The van der Waals surface area contributed by atoms with Crippen molar-refractivity contribution in [2.45, 2.75) is 32.0 Å². The number of rotatable bonds is 1. The van der Waals surface area contributed by atoms with E-state index in [2.05, 4.69) is 5.32 Å². The van der Waals surface area contributed by atoms with E-state index in [0.29, 0.717) is 0 Å². The van der Waals surface area contributed by atoms with Crippen molar-refractivity contribution in [2.24, 2.45) is 5.73 Å². The molecular formula is C8H14N2O2. The van der Waals surface area contributed by atoms with Crippen molar-refractivity contribution in [3.05, 3.63) is 11.6 Å². The van der Waals surface area contributed by atoms with Gasteiger partial charge < -0.3 is 16.2 Å². The Balaban J connectivity index is 2.63. The van der Waals surface area contributed by atoms with E-state index in [0.717, 1.165) is 5.57 Å². The molecular weight excluding hydrogens is 156 g/mol. The highest BCUT2D eigenvalue weighted by Gasteiger charge is 2.32. The number of carbonyl (C=O) groups is 1. The van der Waals surface area contributed by atoms with Crippen molar-refractivity contribution in [1.29, 1.82) is 0 Å². The van der Waals surface area contributed by atoms with Gasteiger partial charge in [0.05, 0.1) is 12.1 Å². The van der Waals surface area contributed by atoms with Gasteiger partial charge in [0, 0.05) is 13.0 Å². The number of hydrogen-bond acceptors (Lipinski definition) is 3. The van der Waals surface area contributed by atoms with E-state index in [4.69, 9.17) is 5.73 Å². The summed E-state index contributed by atoms with van der Waals surface area (Å²) in [6, 6.07) is -0.633. The van der Waals surface area contributed by atoms with Crippen molar-refractivity contribution in [3.8, 4) is 0 Å². The van der Waals surface area contributed by atoms with Gasteiger partial charge in [-0.1, -0.05) is 6.08 Å². The van der Waals surface area contributed by atoms with Crippen LogP contribution in [-0.4, -0.2) is 29.2 Å². The Morgan fingerprint density at radius 3 is 2.67 bits per heavy atom. The van der Waals surface area contributed by atoms with Crippen LogP contribution in [0.2, 0.25) is 0 Å². The highest BCUT2D eigenvalue weighted by atomic mass is 16.3. The Kier molecular flexibility index (Phi) is 2.49. The first kappa shape index (κ1) is 9.22. The maximum atomic E-state index is 10.7. The van der Waals surface area contributed by atoms with Crippen molar-refractivity contribution < 1.29 is 9.90 Å². The molecule has 4 heteroatoms. The van der Waals surface area contributed by atoms with Gasteiger partial charge in [0.1, 0.15) is 0 Å². The fourth-order valence-corrected chi connectivity index (χ4v) is 1.41. The Morgan fingerprint density at radius 2 is 2.33 bits per heavy atom. The van der Waals surface area contributed by atoms with Gasteiger partial charge in [-0.05, 0) is 12.5 Å². The van der Waals surface area contributed by atoms with E-state index < -0.39 is 6.10 Å². The van der Waals surface area contributed by atoms with Crippen LogP contribution in [0.3, 0.4) is 0 Å². The molecule has 0 fully saturated rings. The summed E-state index contributed by atoms with van der Waals surface area (Å²) in [6.07, 6.45) is 1.13. The van der Waals surface area contributed by atoms with Gasteiger partial charge in [0.2, 0.25) is 5.91 Å². The lowest BCUT2D eigenvalue weighted by molar-refractivity contribution is -0.120. The van der Waals surface area contributed by atoms with Crippen LogP contribution in [0.1, 0.15) is 13.8 Å². The molecule has 0 aliphatic heterocycles. The monoisotopic (exact) mass is 170 g/mol. The maximum absolute atomic E-state index is 10.7. The first-order valence-corrected chi connectivity index (χ1v) is 3.91. The largest absolute Gasteiger partial charge is 0.387 e. The average Bonchev–Trinajstić information content (AvgIpc) is 2.16. The van der Waals surface area contributed by atoms with Crippen LogP contribution in [0.5, 0.6) is 0 Å². The normalized spacial score (nSPS) is 34.7. The molecule has 0 saturated heterocycles. The number of aliphatic hydroxyl groups excluding tert-OH is 1. The lowest BCUT2D eigenvalue weighted by Crippen LogP contribution is -2.49. The molecule has 68 valence electrons. The van der Waals surface area contributed by atoms with Crippen LogP contribution in [0.4, 0.5) is 0 Å². The molecule has 0 aromatic heterocycles. The lowest BCUT2D eigenvalue weighted by Gasteiger charge is -2.20. The number of nitrogens with two attached hydrogens (primary N) is 1. The van der Waals surface area contributed by atoms with E-state index in [9.17, 15) is 9.90 Å². The summed E-state index contributed by atoms with van der Waals surface area (Å²) in [5, 5.41) is 12.1. The van der Waals surface area contributed by atoms with Crippen molar-refractivity contribution in [2.75, 3.05) is 0 Å². The molecule has 0 bridgehead atoms. The van der Waals surface area contributed by atoms with Gasteiger partial charge in [0.15, 0.2) is 0 Å². The molecule has 0 aromatic rings. The molecule has 0 radical (unpaired) electrons. The standard InChI is InChI=1S/C8H14N2O2/c1-4-3-6(9)7(8(4)12)10-5(2)11/h3,6-8,12H,9H2,1-2H3,(H,10,11)/t6-,7-,8+/m1/s1. The van der Waals surface area contributed by atoms with E-state index in [-0.39, 0.29) is 18.0 Å². The Morgan fingerprint density at radius 1 is 1.75 bits per heavy atom. The maximum Gasteiger partial charge on any atom is 0.217 e. The van der Waals surface area contributed by atoms with Crippen LogP contribution >= 0.6 is 0 Å². The summed E-state index contributed by atoms with van der Waals surface area (Å²) in [6.45, 7) is 3.21. The smallest absolute Gasteiger partial charge is 0.217 e. The van der Waals surface area contributed by atoms with Crippen LogP contribution in [0.25, 0.3) is 0 Å². The third kappa shape index (κ3) is 1.65. The third-order valence-electron chi connectivity index (χ3n) is 2.05. The summed E-state index contributed by atoms with van der Waals surface area (Å²) in [4.78, 5) is 10.7. The zero-order chi connectivity index (χ0) is 9.30. The molecule has 4 N–H and O–H groups in total. The Bertz CT molecular complexity index is 225. The van der Waals surface area contributed by atoms with Gasteiger partial charge in [0.25, 0.3) is 0 Å². The van der Waals surface area contributed by atoms with Gasteiger partial charge in [-0.25, -0.2) is 0 Å². The molecule has 0 aromatic carbocycles. The van der Waals surface area contributed by atoms with Crippen molar-refractivity contribution >= 4 is 5.91 Å². The minimum Gasteiger partial charge on any atom is -0.387 e. The first-order chi connectivity index (χ1) is 5.52. The Hall–Kier alpha value is -0.870. The molecule has 1 aliphatic carbocycles. The zero-order valence-corrected chi connectivity index (χ0v) is 7.24. The summed E-state index contributed by atoms with van der Waals surface area (Å²) in [5.74, 6) is -0.169. The van der Waals surface area contributed by atoms with Gasteiger partial charge >= 0.3 is 0 Å². The molecule has 0 saturated carbocycles. The fourth-order valence-electron chi connectivity index (χ4n) is 1.41. The van der Waals surface area contributed by atoms with Crippen LogP contribution in [0.15, 0.2) is 11.6 Å². The SMILES string of the molecule is CC(=O)N[C@@H]1[C@H](N)C=C(C)[C@@H]1O. The van der Waals surface area contributed by atoms with E-state index in [1.807, 2.05) is 0 Å². The first-order valence-electron chi connectivity index (χ1n) is 3.91. The zero-order valence-electron chi connectivity index (χ0n) is 7.24. The van der Waals surface area contributed by atoms with E-state index in [1.54, 1.807) is 13.0 Å². The molecule has 0 heterocycles. The predicted octanol–water partition coefficient (Wildman–Crippen LogP) is -0.861. The molecule has 0 spiro atoms. The van der Waals surface area contributed by atoms with Crippen LogP contribution < -0.4 is 11.1 Å². The number of aliphatic hydroxyl groups is 1. The molecule has 4 nitrogen and oxygen atoms in total. The quantitative estimate of drug-likeness (QED) is 0.448. The number of carbonyl (C=O) groups excluding carboxylic acids is 1. The number of hydrogen-bond donors (Lipinski definition) is 3. The van der Waals surface area contributed by atoms with E-state index in [1.165, 1.54) is 6.92 Å². The summed E-state index contributed by atoms with van der Waals surface area (Å²) < 4.78 is 0. The third-order valence-corrected chi connectivity index (χ3v) is 2.05. The Labute approximate surface area is 71.4 Å². The average molecular weight is 170 g/mol. The molecule has 0 unspecified atom stereocenters. The molecule has 3 atom stereocenters. The second-order valence-electron chi connectivity index (χ2n) is 3.16. The minimum atomic E-state index is -0.635. The second kappa shape index (κ2) is 3.25. The van der Waals surface area contributed by atoms with Gasteiger partial charge in [-0.2, -0.15) is 0 Å². The molecule has 1 rings (SSSR count). The van der Waals surface area contributed by atoms with Crippen LogP contribution in [-0.2, 0) is 4.79 Å². The number of nitrogens with one attached hydrogen (secondary N) is 1. The second-order valence-corrected chi connectivity index (χ2v) is 3.16. The summed E-state index contributed by atoms with van der Waals surface area (Å²) in [5.41, 5.74) is 6.48. The number of amides is 1. The van der Waals surface area contributed by atoms with Crippen molar-refractivity contribution in [1.82, 2.24) is 5.32 Å². The summed E-state index contributed by atoms with van der Waals surface area (Å²) >= 11 is 0. The lowest BCUT2D eigenvalue weighted by atomic mass is 10.1. The fraction of sp³-hybridized carbons (Fsp3) is 0.625. The highest BCUT2D eigenvalue weighted by molar-refractivity contribution is 5.73. The minimum absolute atomic E-state index is 0.169. The topological polar surface area (TPSA) is 75.4 Å².